The molecule has 7 nitrogen and oxygen atoms in total. The van der Waals surface area contributed by atoms with Gasteiger partial charge in [0.1, 0.15) is 5.75 Å². The highest BCUT2D eigenvalue weighted by molar-refractivity contribution is 5.98. The van der Waals surface area contributed by atoms with E-state index in [0.717, 1.165) is 11.3 Å². The predicted octanol–water partition coefficient (Wildman–Crippen LogP) is 2.49. The molecule has 2 aromatic carbocycles. The van der Waals surface area contributed by atoms with Gasteiger partial charge in [0, 0.05) is 18.1 Å². The summed E-state index contributed by atoms with van der Waals surface area (Å²) < 4.78 is 7.07. The Morgan fingerprint density at radius 3 is 2.57 bits per heavy atom. The molecule has 0 unspecified atom stereocenters. The molecule has 0 saturated carbocycles. The molecule has 144 valence electrons. The second-order valence-electron chi connectivity index (χ2n) is 6.23. The fraction of sp³-hybridized carbons (Fsp3) is 0.190. The Labute approximate surface area is 163 Å². The van der Waals surface area contributed by atoms with Gasteiger partial charge in [0.25, 0.3) is 5.91 Å². The lowest BCUT2D eigenvalue weighted by Crippen LogP contribution is -2.38. The molecule has 0 aliphatic rings. The number of nitrogens with one attached hydrogen (secondary N) is 2. The number of rotatable bonds is 7. The SMILES string of the molecule is COc1ccccc1C(=O)NCC(=O)N[C@@H](C)c1ccc(-n2ccnc2)cc1. The molecular formula is C21H22N4O3. The van der Waals surface area contributed by atoms with Crippen LogP contribution in [0.4, 0.5) is 0 Å². The maximum Gasteiger partial charge on any atom is 0.255 e. The first kappa shape index (κ1) is 19.2. The minimum Gasteiger partial charge on any atom is -0.496 e. The predicted molar refractivity (Wildman–Crippen MR) is 105 cm³/mol. The highest BCUT2D eigenvalue weighted by Gasteiger charge is 2.14. The number of amides is 2. The lowest BCUT2D eigenvalue weighted by molar-refractivity contribution is -0.120. The Morgan fingerprint density at radius 1 is 1.14 bits per heavy atom. The first-order chi connectivity index (χ1) is 13.6. The molecule has 3 rings (SSSR count). The van der Waals surface area contributed by atoms with E-state index in [1.54, 1.807) is 36.8 Å². The van der Waals surface area contributed by atoms with E-state index in [9.17, 15) is 9.59 Å². The molecule has 3 aromatic rings. The highest BCUT2D eigenvalue weighted by atomic mass is 16.5. The smallest absolute Gasteiger partial charge is 0.255 e. The quantitative estimate of drug-likeness (QED) is 0.661. The van der Waals surface area contributed by atoms with E-state index in [-0.39, 0.29) is 24.4 Å². The molecule has 0 radical (unpaired) electrons. The van der Waals surface area contributed by atoms with E-state index in [0.29, 0.717) is 11.3 Å². The van der Waals surface area contributed by atoms with E-state index in [1.165, 1.54) is 7.11 Å². The maximum atomic E-state index is 12.3. The van der Waals surface area contributed by atoms with Gasteiger partial charge in [0.05, 0.1) is 31.6 Å². The van der Waals surface area contributed by atoms with E-state index < -0.39 is 0 Å². The molecule has 0 fully saturated rings. The van der Waals surface area contributed by atoms with Crippen molar-refractivity contribution in [3.8, 4) is 11.4 Å². The van der Waals surface area contributed by atoms with Gasteiger partial charge in [-0.1, -0.05) is 24.3 Å². The third-order valence-electron chi connectivity index (χ3n) is 4.33. The van der Waals surface area contributed by atoms with Crippen LogP contribution in [0.25, 0.3) is 5.69 Å². The number of carbonyl (C=O) groups excluding carboxylic acids is 2. The number of hydrogen-bond acceptors (Lipinski definition) is 4. The van der Waals surface area contributed by atoms with Gasteiger partial charge in [-0.3, -0.25) is 9.59 Å². The standard InChI is InChI=1S/C21H22N4O3/c1-15(16-7-9-17(10-8-16)25-12-11-22-14-25)24-20(26)13-23-21(27)18-5-3-4-6-19(18)28-2/h3-12,14-15H,13H2,1-2H3,(H,23,27)(H,24,26)/t15-/m0/s1. The van der Waals surface area contributed by atoms with Crippen molar-refractivity contribution in [2.75, 3.05) is 13.7 Å². The Balaban J connectivity index is 1.53. The molecule has 2 N–H and O–H groups in total. The van der Waals surface area contributed by atoms with Gasteiger partial charge in [-0.2, -0.15) is 0 Å². The Morgan fingerprint density at radius 2 is 1.89 bits per heavy atom. The van der Waals surface area contributed by atoms with Crippen LogP contribution < -0.4 is 15.4 Å². The molecule has 0 aliphatic carbocycles. The third kappa shape index (κ3) is 4.56. The summed E-state index contributed by atoms with van der Waals surface area (Å²) in [5.41, 5.74) is 2.35. The Kier molecular flexibility index (Phi) is 6.06. The summed E-state index contributed by atoms with van der Waals surface area (Å²) in [5.74, 6) is -0.161. The van der Waals surface area contributed by atoms with Crippen molar-refractivity contribution in [1.29, 1.82) is 0 Å². The second-order valence-corrected chi connectivity index (χ2v) is 6.23. The fourth-order valence-corrected chi connectivity index (χ4v) is 2.81. The van der Waals surface area contributed by atoms with Crippen LogP contribution in [0.5, 0.6) is 5.75 Å². The summed E-state index contributed by atoms with van der Waals surface area (Å²) in [6, 6.07) is 14.5. The fourth-order valence-electron chi connectivity index (χ4n) is 2.81. The van der Waals surface area contributed by atoms with Gasteiger partial charge in [0.15, 0.2) is 0 Å². The van der Waals surface area contributed by atoms with Crippen LogP contribution in [0.2, 0.25) is 0 Å². The monoisotopic (exact) mass is 378 g/mol. The number of benzene rings is 2. The molecule has 2 amide bonds. The molecule has 1 atom stereocenters. The van der Waals surface area contributed by atoms with Crippen LogP contribution in [-0.4, -0.2) is 35.0 Å². The van der Waals surface area contributed by atoms with Crippen molar-refractivity contribution in [2.45, 2.75) is 13.0 Å². The summed E-state index contributed by atoms with van der Waals surface area (Å²) in [7, 11) is 1.50. The zero-order chi connectivity index (χ0) is 19.9. The molecule has 1 heterocycles. The first-order valence-corrected chi connectivity index (χ1v) is 8.87. The average Bonchev–Trinajstić information content (AvgIpc) is 3.27. The van der Waals surface area contributed by atoms with Crippen LogP contribution in [-0.2, 0) is 4.79 Å². The number of carbonyl (C=O) groups is 2. The number of hydrogen-bond donors (Lipinski definition) is 2. The van der Waals surface area contributed by atoms with Gasteiger partial charge in [0.2, 0.25) is 5.91 Å². The third-order valence-corrected chi connectivity index (χ3v) is 4.33. The average molecular weight is 378 g/mol. The first-order valence-electron chi connectivity index (χ1n) is 8.87. The number of para-hydroxylation sites is 1. The van der Waals surface area contributed by atoms with Crippen molar-refractivity contribution < 1.29 is 14.3 Å². The molecule has 0 bridgehead atoms. The lowest BCUT2D eigenvalue weighted by atomic mass is 10.1. The van der Waals surface area contributed by atoms with Gasteiger partial charge >= 0.3 is 0 Å². The van der Waals surface area contributed by atoms with Gasteiger partial charge < -0.3 is 19.9 Å². The van der Waals surface area contributed by atoms with Crippen LogP contribution in [0.15, 0.2) is 67.3 Å². The van der Waals surface area contributed by atoms with Gasteiger partial charge in [-0.05, 0) is 36.8 Å². The molecule has 7 heteroatoms. The summed E-state index contributed by atoms with van der Waals surface area (Å²) in [4.78, 5) is 28.5. The summed E-state index contributed by atoms with van der Waals surface area (Å²) in [6.45, 7) is 1.78. The molecule has 28 heavy (non-hydrogen) atoms. The van der Waals surface area contributed by atoms with Crippen LogP contribution in [0, 0.1) is 0 Å². The minimum absolute atomic E-state index is 0.117. The van der Waals surface area contributed by atoms with Crippen LogP contribution in [0.3, 0.4) is 0 Å². The molecule has 0 saturated heterocycles. The number of aromatic nitrogens is 2. The summed E-state index contributed by atoms with van der Waals surface area (Å²) >= 11 is 0. The summed E-state index contributed by atoms with van der Waals surface area (Å²) in [5, 5.41) is 5.50. The Hall–Kier alpha value is -3.61. The van der Waals surface area contributed by atoms with Crippen molar-refractivity contribution >= 4 is 11.8 Å². The van der Waals surface area contributed by atoms with Crippen LogP contribution in [0.1, 0.15) is 28.9 Å². The summed E-state index contributed by atoms with van der Waals surface area (Å²) in [6.07, 6.45) is 5.31. The van der Waals surface area contributed by atoms with Crippen molar-refractivity contribution in [2.24, 2.45) is 0 Å². The zero-order valence-electron chi connectivity index (χ0n) is 15.8. The largest absolute Gasteiger partial charge is 0.496 e. The van der Waals surface area contributed by atoms with E-state index in [2.05, 4.69) is 15.6 Å². The van der Waals surface area contributed by atoms with E-state index in [4.69, 9.17) is 4.74 Å². The number of imidazole rings is 1. The van der Waals surface area contributed by atoms with Crippen molar-refractivity contribution in [3.63, 3.8) is 0 Å². The maximum absolute atomic E-state index is 12.3. The normalized spacial score (nSPS) is 11.5. The number of methoxy groups -OCH3 is 1. The minimum atomic E-state index is -0.357. The van der Waals surface area contributed by atoms with Gasteiger partial charge in [-0.15, -0.1) is 0 Å². The lowest BCUT2D eigenvalue weighted by Gasteiger charge is -2.15. The Bertz CT molecular complexity index is 937. The molecular weight excluding hydrogens is 356 g/mol. The number of nitrogens with zero attached hydrogens (tertiary/aromatic N) is 2. The van der Waals surface area contributed by atoms with E-state index >= 15 is 0 Å². The highest BCUT2D eigenvalue weighted by Crippen LogP contribution is 2.17. The van der Waals surface area contributed by atoms with Crippen LogP contribution >= 0.6 is 0 Å². The second kappa shape index (κ2) is 8.85. The number of ether oxygens (including phenoxy) is 1. The van der Waals surface area contributed by atoms with Gasteiger partial charge in [-0.25, -0.2) is 4.98 Å². The zero-order valence-corrected chi connectivity index (χ0v) is 15.8. The molecule has 1 aromatic heterocycles. The van der Waals surface area contributed by atoms with Crippen molar-refractivity contribution in [1.82, 2.24) is 20.2 Å². The van der Waals surface area contributed by atoms with E-state index in [1.807, 2.05) is 42.0 Å². The molecule has 0 spiro atoms. The van der Waals surface area contributed by atoms with Crippen molar-refractivity contribution in [3.05, 3.63) is 78.4 Å². The topological polar surface area (TPSA) is 85.2 Å². The molecule has 0 aliphatic heterocycles.